The number of ether oxygens (including phenoxy) is 2. The van der Waals surface area contributed by atoms with Gasteiger partial charge >= 0.3 is 0 Å². The summed E-state index contributed by atoms with van der Waals surface area (Å²) in [5.41, 5.74) is 1.59. The third-order valence-electron chi connectivity index (χ3n) is 6.25. The highest BCUT2D eigenvalue weighted by Crippen LogP contribution is 2.30. The Morgan fingerprint density at radius 3 is 1.85 bits per heavy atom. The van der Waals surface area contributed by atoms with Gasteiger partial charge in [-0.05, 0) is 60.5 Å². The first-order valence-corrected chi connectivity index (χ1v) is 14.9. The summed E-state index contributed by atoms with van der Waals surface area (Å²) in [5, 5.41) is 5.89. The summed E-state index contributed by atoms with van der Waals surface area (Å²) in [7, 11) is 1.58. The van der Waals surface area contributed by atoms with Gasteiger partial charge in [0.15, 0.2) is 11.5 Å². The van der Waals surface area contributed by atoms with Gasteiger partial charge in [-0.3, -0.25) is 9.59 Å². The Morgan fingerprint density at radius 1 is 0.744 bits per heavy atom. The standard InChI is InChI=1S/C31H36Br2N2O4/c1-3-4-5-6-7-8-9-18-39-27-17-16-22(21-28(27)38-2)29(34-30(36)23-12-10-14-25(32)19-23)35-31(37)24-13-11-15-26(33)20-24/h10-17,19-21,29H,3-9,18H2,1-2H3,(H,34,36)(H,35,37). The number of halogens is 2. The monoisotopic (exact) mass is 658 g/mol. The molecule has 0 radical (unpaired) electrons. The van der Waals surface area contributed by atoms with E-state index in [1.165, 1.54) is 32.1 Å². The third-order valence-corrected chi connectivity index (χ3v) is 7.24. The lowest BCUT2D eigenvalue weighted by Gasteiger charge is -2.22. The third kappa shape index (κ3) is 10.0. The molecule has 0 bridgehead atoms. The lowest BCUT2D eigenvalue weighted by atomic mass is 10.1. The predicted octanol–water partition coefficient (Wildman–Crippen LogP) is 8.21. The van der Waals surface area contributed by atoms with Crippen LogP contribution < -0.4 is 20.1 Å². The van der Waals surface area contributed by atoms with Gasteiger partial charge in [0.25, 0.3) is 11.8 Å². The van der Waals surface area contributed by atoms with Crippen molar-refractivity contribution in [2.24, 2.45) is 0 Å². The molecular weight excluding hydrogens is 624 g/mol. The molecule has 0 fully saturated rings. The molecule has 0 saturated carbocycles. The molecule has 6 nitrogen and oxygen atoms in total. The highest BCUT2D eigenvalue weighted by molar-refractivity contribution is 9.10. The van der Waals surface area contributed by atoms with E-state index in [1.54, 1.807) is 49.6 Å². The van der Waals surface area contributed by atoms with E-state index in [2.05, 4.69) is 49.4 Å². The second-order valence-corrected chi connectivity index (χ2v) is 11.1. The van der Waals surface area contributed by atoms with E-state index < -0.39 is 6.17 Å². The summed E-state index contributed by atoms with van der Waals surface area (Å²) in [4.78, 5) is 26.2. The second kappa shape index (κ2) is 16.3. The van der Waals surface area contributed by atoms with Crippen molar-refractivity contribution < 1.29 is 19.1 Å². The molecule has 0 aliphatic carbocycles. The number of hydrogen-bond donors (Lipinski definition) is 2. The van der Waals surface area contributed by atoms with Crippen LogP contribution in [0.15, 0.2) is 75.7 Å². The molecule has 0 unspecified atom stereocenters. The topological polar surface area (TPSA) is 76.7 Å². The zero-order chi connectivity index (χ0) is 28.0. The molecule has 3 rings (SSSR count). The quantitative estimate of drug-likeness (QED) is 0.127. The number of carbonyl (C=O) groups is 2. The summed E-state index contributed by atoms with van der Waals surface area (Å²) in [6.45, 7) is 2.83. The van der Waals surface area contributed by atoms with Crippen LogP contribution in [0.1, 0.15) is 84.3 Å². The van der Waals surface area contributed by atoms with Gasteiger partial charge in [-0.1, -0.05) is 95.5 Å². The molecule has 0 aliphatic rings. The smallest absolute Gasteiger partial charge is 0.253 e. The first-order valence-electron chi connectivity index (χ1n) is 13.3. The van der Waals surface area contributed by atoms with Crippen molar-refractivity contribution in [1.29, 1.82) is 0 Å². The number of nitrogens with one attached hydrogen (secondary N) is 2. The van der Waals surface area contributed by atoms with Crippen molar-refractivity contribution in [3.05, 3.63) is 92.4 Å². The number of unbranched alkanes of at least 4 members (excludes halogenated alkanes) is 6. The van der Waals surface area contributed by atoms with Crippen molar-refractivity contribution in [1.82, 2.24) is 10.6 Å². The maximum atomic E-state index is 13.1. The molecule has 0 spiro atoms. The summed E-state index contributed by atoms with van der Waals surface area (Å²) in [5.74, 6) is 0.514. The minimum atomic E-state index is -0.811. The van der Waals surface area contributed by atoms with Crippen molar-refractivity contribution >= 4 is 43.7 Å². The number of hydrogen-bond acceptors (Lipinski definition) is 4. The largest absolute Gasteiger partial charge is 0.493 e. The molecule has 0 aliphatic heterocycles. The van der Waals surface area contributed by atoms with Gasteiger partial charge in [-0.2, -0.15) is 0 Å². The molecule has 0 heterocycles. The number of rotatable bonds is 15. The highest BCUT2D eigenvalue weighted by Gasteiger charge is 2.21. The van der Waals surface area contributed by atoms with Crippen molar-refractivity contribution in [3.63, 3.8) is 0 Å². The van der Waals surface area contributed by atoms with E-state index in [9.17, 15) is 9.59 Å². The molecular formula is C31H36Br2N2O4. The molecule has 0 atom stereocenters. The Morgan fingerprint density at radius 2 is 1.31 bits per heavy atom. The number of methoxy groups -OCH3 is 1. The molecule has 8 heteroatoms. The summed E-state index contributed by atoms with van der Waals surface area (Å²) < 4.78 is 13.2. The van der Waals surface area contributed by atoms with Crippen LogP contribution in [-0.2, 0) is 0 Å². The fourth-order valence-electron chi connectivity index (χ4n) is 4.12. The molecule has 3 aromatic rings. The van der Waals surface area contributed by atoms with Gasteiger partial charge < -0.3 is 20.1 Å². The van der Waals surface area contributed by atoms with E-state index in [1.807, 2.05) is 24.3 Å². The molecule has 0 aromatic heterocycles. The fourth-order valence-corrected chi connectivity index (χ4v) is 4.91. The van der Waals surface area contributed by atoms with Gasteiger partial charge in [-0.25, -0.2) is 0 Å². The number of benzene rings is 3. The Labute approximate surface area is 248 Å². The first kappa shape index (κ1) is 30.7. The van der Waals surface area contributed by atoms with Crippen LogP contribution in [0.25, 0.3) is 0 Å². The van der Waals surface area contributed by atoms with Crippen LogP contribution >= 0.6 is 31.9 Å². The van der Waals surface area contributed by atoms with Crippen LogP contribution in [0.2, 0.25) is 0 Å². The van der Waals surface area contributed by atoms with Gasteiger partial charge in [0.2, 0.25) is 0 Å². The molecule has 2 N–H and O–H groups in total. The Bertz CT molecular complexity index is 1180. The SMILES string of the molecule is CCCCCCCCCOc1ccc(C(NC(=O)c2cccc(Br)c2)NC(=O)c2cccc(Br)c2)cc1OC. The highest BCUT2D eigenvalue weighted by atomic mass is 79.9. The zero-order valence-electron chi connectivity index (χ0n) is 22.5. The van der Waals surface area contributed by atoms with Gasteiger partial charge in [0.05, 0.1) is 13.7 Å². The van der Waals surface area contributed by atoms with Crippen LogP contribution in [0.4, 0.5) is 0 Å². The minimum Gasteiger partial charge on any atom is -0.493 e. The van der Waals surface area contributed by atoms with Crippen LogP contribution in [0.5, 0.6) is 11.5 Å². The molecule has 39 heavy (non-hydrogen) atoms. The minimum absolute atomic E-state index is 0.325. The maximum Gasteiger partial charge on any atom is 0.253 e. The van der Waals surface area contributed by atoms with Crippen LogP contribution in [0, 0.1) is 0 Å². The van der Waals surface area contributed by atoms with Gasteiger partial charge in [0, 0.05) is 20.1 Å². The van der Waals surface area contributed by atoms with Crippen LogP contribution in [0.3, 0.4) is 0 Å². The average molecular weight is 660 g/mol. The molecule has 2 amide bonds. The van der Waals surface area contributed by atoms with E-state index >= 15 is 0 Å². The van der Waals surface area contributed by atoms with E-state index in [0.29, 0.717) is 34.8 Å². The fraction of sp³-hybridized carbons (Fsp3) is 0.355. The first-order chi connectivity index (χ1) is 18.9. The molecule has 208 valence electrons. The van der Waals surface area contributed by atoms with Gasteiger partial charge in [-0.15, -0.1) is 0 Å². The second-order valence-electron chi connectivity index (χ2n) is 9.28. The summed E-state index contributed by atoms with van der Waals surface area (Å²) in [6.07, 6.45) is 7.63. The molecule has 3 aromatic carbocycles. The Hall–Kier alpha value is -2.84. The Kier molecular flexibility index (Phi) is 12.8. The Balaban J connectivity index is 1.74. The number of carbonyl (C=O) groups excluding carboxylic acids is 2. The lowest BCUT2D eigenvalue weighted by molar-refractivity contribution is 0.0883. The van der Waals surface area contributed by atoms with Crippen molar-refractivity contribution in [3.8, 4) is 11.5 Å². The van der Waals surface area contributed by atoms with Gasteiger partial charge in [0.1, 0.15) is 6.17 Å². The normalized spacial score (nSPS) is 10.8. The maximum absolute atomic E-state index is 13.1. The van der Waals surface area contributed by atoms with E-state index in [0.717, 1.165) is 21.8 Å². The predicted molar refractivity (Wildman–Crippen MR) is 162 cm³/mol. The average Bonchev–Trinajstić information content (AvgIpc) is 2.94. The van der Waals surface area contributed by atoms with E-state index in [-0.39, 0.29) is 11.8 Å². The van der Waals surface area contributed by atoms with Crippen LogP contribution in [-0.4, -0.2) is 25.5 Å². The molecule has 0 saturated heterocycles. The summed E-state index contributed by atoms with van der Waals surface area (Å²) >= 11 is 6.81. The lowest BCUT2D eigenvalue weighted by Crippen LogP contribution is -2.41. The summed E-state index contributed by atoms with van der Waals surface area (Å²) in [6, 6.07) is 19.6. The van der Waals surface area contributed by atoms with E-state index in [4.69, 9.17) is 9.47 Å². The van der Waals surface area contributed by atoms with Crippen molar-refractivity contribution in [2.75, 3.05) is 13.7 Å². The zero-order valence-corrected chi connectivity index (χ0v) is 25.6. The van der Waals surface area contributed by atoms with Crippen molar-refractivity contribution in [2.45, 2.75) is 58.0 Å². The number of amides is 2.